The van der Waals surface area contributed by atoms with Crippen molar-refractivity contribution in [3.8, 4) is 0 Å². The van der Waals surface area contributed by atoms with E-state index in [1.165, 1.54) is 0 Å². The molecule has 2 unspecified atom stereocenters. The van der Waals surface area contributed by atoms with E-state index in [4.69, 9.17) is 15.3 Å². The van der Waals surface area contributed by atoms with Crippen LogP contribution >= 0.6 is 0 Å². The predicted octanol–water partition coefficient (Wildman–Crippen LogP) is -0.000700. The van der Waals surface area contributed by atoms with Crippen molar-refractivity contribution in [3.63, 3.8) is 0 Å². The fourth-order valence-corrected chi connectivity index (χ4v) is 1.86. The van der Waals surface area contributed by atoms with Crippen molar-refractivity contribution in [1.29, 1.82) is 0 Å². The van der Waals surface area contributed by atoms with E-state index in [1.54, 1.807) is 7.11 Å². The number of guanidine groups is 1. The number of hydrazine groups is 1. The van der Waals surface area contributed by atoms with Crippen molar-refractivity contribution in [2.75, 3.05) is 26.9 Å². The van der Waals surface area contributed by atoms with Crippen LogP contribution in [0.3, 0.4) is 0 Å². The molecule has 1 saturated heterocycles. The lowest BCUT2D eigenvalue weighted by molar-refractivity contribution is 0.0165. The second-order valence-corrected chi connectivity index (χ2v) is 4.27. The molecule has 0 bridgehead atoms. The van der Waals surface area contributed by atoms with Gasteiger partial charge in [0.1, 0.15) is 0 Å². The summed E-state index contributed by atoms with van der Waals surface area (Å²) in [5, 5.41) is 3.31. The van der Waals surface area contributed by atoms with Gasteiger partial charge in [0.25, 0.3) is 0 Å². The third-order valence-corrected chi connectivity index (χ3v) is 2.74. The van der Waals surface area contributed by atoms with Crippen molar-refractivity contribution in [1.82, 2.24) is 10.7 Å². The number of methoxy groups -OCH3 is 1. The third-order valence-electron chi connectivity index (χ3n) is 2.74. The molecule has 0 spiro atoms. The van der Waals surface area contributed by atoms with E-state index in [-0.39, 0.29) is 0 Å². The van der Waals surface area contributed by atoms with Crippen LogP contribution in [-0.2, 0) is 9.47 Å². The van der Waals surface area contributed by atoms with Gasteiger partial charge in [-0.3, -0.25) is 10.4 Å². The lowest BCUT2D eigenvalue weighted by atomic mass is 10.0. The average molecular weight is 244 g/mol. The molecular formula is C11H24N4O2. The molecule has 0 aromatic carbocycles. The fraction of sp³-hybridized carbons (Fsp3) is 0.909. The Kier molecular flexibility index (Phi) is 6.91. The van der Waals surface area contributed by atoms with Crippen molar-refractivity contribution in [2.45, 2.75) is 38.3 Å². The Morgan fingerprint density at radius 2 is 2.41 bits per heavy atom. The van der Waals surface area contributed by atoms with Crippen LogP contribution in [-0.4, -0.2) is 45.0 Å². The summed E-state index contributed by atoms with van der Waals surface area (Å²) in [6, 6.07) is 0.385. The van der Waals surface area contributed by atoms with Gasteiger partial charge >= 0.3 is 0 Å². The number of ether oxygens (including phenoxy) is 2. The van der Waals surface area contributed by atoms with Gasteiger partial charge < -0.3 is 14.8 Å². The first-order chi connectivity index (χ1) is 8.26. The smallest absolute Gasteiger partial charge is 0.205 e. The second-order valence-electron chi connectivity index (χ2n) is 4.27. The Morgan fingerprint density at radius 1 is 1.59 bits per heavy atom. The van der Waals surface area contributed by atoms with Crippen LogP contribution in [0.1, 0.15) is 26.2 Å². The highest BCUT2D eigenvalue weighted by Gasteiger charge is 2.19. The Labute approximate surface area is 103 Å². The molecule has 1 heterocycles. The highest BCUT2D eigenvalue weighted by atomic mass is 16.5. The zero-order chi connectivity index (χ0) is 12.5. The maximum absolute atomic E-state index is 5.49. The van der Waals surface area contributed by atoms with Gasteiger partial charge in [-0.05, 0) is 26.2 Å². The lowest BCUT2D eigenvalue weighted by Gasteiger charge is -2.28. The zero-order valence-corrected chi connectivity index (χ0v) is 10.7. The Morgan fingerprint density at radius 3 is 3.06 bits per heavy atom. The molecule has 0 saturated carbocycles. The molecule has 4 N–H and O–H groups in total. The van der Waals surface area contributed by atoms with Crippen molar-refractivity contribution >= 4 is 5.96 Å². The Bertz CT molecular complexity index is 236. The first-order valence-electron chi connectivity index (χ1n) is 6.14. The number of nitrogens with zero attached hydrogens (tertiary/aromatic N) is 1. The lowest BCUT2D eigenvalue weighted by Crippen LogP contribution is -2.49. The van der Waals surface area contributed by atoms with Crippen LogP contribution in [0, 0.1) is 0 Å². The molecule has 1 fully saturated rings. The van der Waals surface area contributed by atoms with Gasteiger partial charge in [-0.2, -0.15) is 0 Å². The number of hydrogen-bond donors (Lipinski definition) is 3. The average Bonchev–Trinajstić information content (AvgIpc) is 2.33. The number of rotatable bonds is 5. The summed E-state index contributed by atoms with van der Waals surface area (Å²) in [6.45, 7) is 4.30. The molecule has 0 aliphatic carbocycles. The summed E-state index contributed by atoms with van der Waals surface area (Å²) in [7, 11) is 1.69. The van der Waals surface area contributed by atoms with Crippen LogP contribution < -0.4 is 16.6 Å². The van der Waals surface area contributed by atoms with Crippen LogP contribution in [0.4, 0.5) is 0 Å². The molecule has 17 heavy (non-hydrogen) atoms. The Balaban J connectivity index is 2.29. The quantitative estimate of drug-likeness (QED) is 0.208. The first kappa shape index (κ1) is 14.2. The largest absolute Gasteiger partial charge is 0.385 e. The van der Waals surface area contributed by atoms with Gasteiger partial charge in [-0.25, -0.2) is 5.84 Å². The van der Waals surface area contributed by atoms with Crippen LogP contribution in [0.5, 0.6) is 0 Å². The number of nitrogens with one attached hydrogen (secondary N) is 2. The minimum absolute atomic E-state index is 0.300. The molecular weight excluding hydrogens is 220 g/mol. The number of hydrogen-bond acceptors (Lipinski definition) is 4. The molecule has 1 aliphatic heterocycles. The molecule has 2 atom stereocenters. The van der Waals surface area contributed by atoms with Crippen LogP contribution in [0.2, 0.25) is 0 Å². The molecule has 0 amide bonds. The maximum Gasteiger partial charge on any atom is 0.205 e. The predicted molar refractivity (Wildman–Crippen MR) is 67.7 cm³/mol. The van der Waals surface area contributed by atoms with Crippen molar-refractivity contribution < 1.29 is 9.47 Å². The molecule has 1 aliphatic rings. The van der Waals surface area contributed by atoms with Gasteiger partial charge in [0, 0.05) is 32.9 Å². The van der Waals surface area contributed by atoms with Gasteiger partial charge in [-0.1, -0.05) is 0 Å². The fourth-order valence-electron chi connectivity index (χ4n) is 1.86. The van der Waals surface area contributed by atoms with E-state index in [2.05, 4.69) is 22.7 Å². The second kappa shape index (κ2) is 8.27. The van der Waals surface area contributed by atoms with E-state index in [0.717, 1.165) is 32.5 Å². The zero-order valence-electron chi connectivity index (χ0n) is 10.7. The topological polar surface area (TPSA) is 80.9 Å². The molecule has 1 rings (SSSR count). The van der Waals surface area contributed by atoms with Gasteiger partial charge in [0.05, 0.1) is 6.10 Å². The maximum atomic E-state index is 5.49. The molecule has 100 valence electrons. The third kappa shape index (κ3) is 5.86. The minimum atomic E-state index is 0.300. The van der Waals surface area contributed by atoms with Gasteiger partial charge in [0.15, 0.2) is 0 Å². The van der Waals surface area contributed by atoms with E-state index >= 15 is 0 Å². The van der Waals surface area contributed by atoms with Gasteiger partial charge in [-0.15, -0.1) is 0 Å². The highest BCUT2D eigenvalue weighted by Crippen LogP contribution is 2.12. The molecule has 0 aromatic rings. The van der Waals surface area contributed by atoms with E-state index in [0.29, 0.717) is 24.7 Å². The molecule has 0 radical (unpaired) electrons. The van der Waals surface area contributed by atoms with Crippen LogP contribution in [0.25, 0.3) is 0 Å². The summed E-state index contributed by atoms with van der Waals surface area (Å²) >= 11 is 0. The van der Waals surface area contributed by atoms with E-state index in [1.807, 2.05) is 0 Å². The van der Waals surface area contributed by atoms with Gasteiger partial charge in [0.2, 0.25) is 5.96 Å². The first-order valence-corrected chi connectivity index (χ1v) is 6.14. The summed E-state index contributed by atoms with van der Waals surface area (Å²) in [5.74, 6) is 6.09. The highest BCUT2D eigenvalue weighted by molar-refractivity contribution is 5.79. The van der Waals surface area contributed by atoms with E-state index < -0.39 is 0 Å². The van der Waals surface area contributed by atoms with Crippen LogP contribution in [0.15, 0.2) is 4.99 Å². The number of aliphatic imine (C=N–C) groups is 1. The molecule has 6 heteroatoms. The standard InChI is InChI=1S/C11H24N4O2/c1-9-8-10(4-7-17-9)14-11(15-12)13-5-3-6-16-2/h9-10H,3-8,12H2,1-2H3,(H2,13,14,15). The number of nitrogens with two attached hydrogens (primary N) is 1. The van der Waals surface area contributed by atoms with E-state index in [9.17, 15) is 0 Å². The summed E-state index contributed by atoms with van der Waals surface area (Å²) in [6.07, 6.45) is 3.17. The SMILES string of the molecule is COCCCN=C(NN)NC1CCOC(C)C1. The van der Waals surface area contributed by atoms with Crippen molar-refractivity contribution in [2.24, 2.45) is 10.8 Å². The molecule has 0 aromatic heterocycles. The summed E-state index contributed by atoms with van der Waals surface area (Å²) < 4.78 is 10.5. The monoisotopic (exact) mass is 244 g/mol. The normalized spacial score (nSPS) is 25.7. The Hall–Kier alpha value is -0.850. The van der Waals surface area contributed by atoms with Crippen molar-refractivity contribution in [3.05, 3.63) is 0 Å². The summed E-state index contributed by atoms with van der Waals surface area (Å²) in [4.78, 5) is 4.35. The molecule has 6 nitrogen and oxygen atoms in total. The minimum Gasteiger partial charge on any atom is -0.385 e. The summed E-state index contributed by atoms with van der Waals surface area (Å²) in [5.41, 5.74) is 2.60.